The summed E-state index contributed by atoms with van der Waals surface area (Å²) in [5.74, 6) is 0.906. The van der Waals surface area contributed by atoms with Crippen LogP contribution in [-0.4, -0.2) is 22.8 Å². The topological polar surface area (TPSA) is 59.4 Å². The van der Waals surface area contributed by atoms with Crippen molar-refractivity contribution < 1.29 is 9.13 Å². The SMILES string of the molecule is CCCCOc1ccc(C=NNc2nc(-c3ccccc3)cc(-c3ccc(F)cc3)n2)cc1. The fourth-order valence-electron chi connectivity index (χ4n) is 3.17. The zero-order chi connectivity index (χ0) is 22.9. The summed E-state index contributed by atoms with van der Waals surface area (Å²) in [4.78, 5) is 9.17. The highest BCUT2D eigenvalue weighted by Crippen LogP contribution is 2.25. The van der Waals surface area contributed by atoms with Gasteiger partial charge in [-0.2, -0.15) is 5.10 Å². The first-order chi connectivity index (χ1) is 16.2. The molecule has 0 radical (unpaired) electrons. The molecule has 1 N–H and O–H groups in total. The van der Waals surface area contributed by atoms with Gasteiger partial charge in [-0.3, -0.25) is 0 Å². The molecule has 1 aromatic heterocycles. The molecule has 5 nitrogen and oxygen atoms in total. The zero-order valence-electron chi connectivity index (χ0n) is 18.4. The van der Waals surface area contributed by atoms with Gasteiger partial charge in [0, 0.05) is 11.1 Å². The van der Waals surface area contributed by atoms with E-state index in [1.807, 2.05) is 60.7 Å². The second-order valence-corrected chi connectivity index (χ2v) is 7.48. The smallest absolute Gasteiger partial charge is 0.244 e. The third-order valence-electron chi connectivity index (χ3n) is 4.96. The van der Waals surface area contributed by atoms with Gasteiger partial charge in [0.1, 0.15) is 11.6 Å². The minimum Gasteiger partial charge on any atom is -0.494 e. The summed E-state index contributed by atoms with van der Waals surface area (Å²) in [5, 5.41) is 4.30. The normalized spacial score (nSPS) is 11.0. The summed E-state index contributed by atoms with van der Waals surface area (Å²) >= 11 is 0. The molecule has 0 spiro atoms. The van der Waals surface area contributed by atoms with Crippen LogP contribution in [0.5, 0.6) is 5.75 Å². The van der Waals surface area contributed by atoms with Gasteiger partial charge in [0.2, 0.25) is 5.95 Å². The molecule has 0 fully saturated rings. The number of aromatic nitrogens is 2. The van der Waals surface area contributed by atoms with Crippen molar-refractivity contribution in [2.24, 2.45) is 5.10 Å². The van der Waals surface area contributed by atoms with Gasteiger partial charge in [-0.15, -0.1) is 0 Å². The van der Waals surface area contributed by atoms with E-state index in [1.165, 1.54) is 12.1 Å². The first kappa shape index (κ1) is 22.1. The van der Waals surface area contributed by atoms with Crippen LogP contribution < -0.4 is 10.2 Å². The molecule has 4 aromatic rings. The molecule has 166 valence electrons. The lowest BCUT2D eigenvalue weighted by Gasteiger charge is -2.08. The molecule has 0 aliphatic rings. The average molecular weight is 441 g/mol. The number of hydrazone groups is 1. The maximum atomic E-state index is 13.4. The summed E-state index contributed by atoms with van der Waals surface area (Å²) in [6.45, 7) is 2.86. The van der Waals surface area contributed by atoms with E-state index in [1.54, 1.807) is 18.3 Å². The molecular formula is C27H25FN4O. The molecule has 0 amide bonds. The highest BCUT2D eigenvalue weighted by atomic mass is 19.1. The monoisotopic (exact) mass is 440 g/mol. The second kappa shape index (κ2) is 11.0. The minimum atomic E-state index is -0.291. The second-order valence-electron chi connectivity index (χ2n) is 7.48. The molecule has 0 unspecified atom stereocenters. The van der Waals surface area contributed by atoms with E-state index in [-0.39, 0.29) is 5.82 Å². The fourth-order valence-corrected chi connectivity index (χ4v) is 3.17. The molecule has 0 saturated heterocycles. The van der Waals surface area contributed by atoms with Crippen molar-refractivity contribution in [2.75, 3.05) is 12.0 Å². The predicted molar refractivity (Wildman–Crippen MR) is 131 cm³/mol. The summed E-state index contributed by atoms with van der Waals surface area (Å²) in [6, 6.07) is 25.7. The van der Waals surface area contributed by atoms with Crippen LogP contribution in [0.25, 0.3) is 22.5 Å². The van der Waals surface area contributed by atoms with E-state index in [4.69, 9.17) is 4.74 Å². The summed E-state index contributed by atoms with van der Waals surface area (Å²) < 4.78 is 19.1. The maximum Gasteiger partial charge on any atom is 0.244 e. The lowest BCUT2D eigenvalue weighted by Crippen LogP contribution is -2.00. The molecule has 4 rings (SSSR count). The zero-order valence-corrected chi connectivity index (χ0v) is 18.4. The molecule has 1 heterocycles. The van der Waals surface area contributed by atoms with E-state index in [0.29, 0.717) is 11.6 Å². The van der Waals surface area contributed by atoms with Crippen molar-refractivity contribution in [2.45, 2.75) is 19.8 Å². The van der Waals surface area contributed by atoms with E-state index in [0.717, 1.165) is 47.6 Å². The summed E-state index contributed by atoms with van der Waals surface area (Å²) in [6.07, 6.45) is 3.84. The first-order valence-electron chi connectivity index (χ1n) is 10.9. The minimum absolute atomic E-state index is 0.291. The number of unbranched alkanes of at least 4 members (excludes halogenated alkanes) is 1. The Morgan fingerprint density at radius 1 is 0.879 bits per heavy atom. The van der Waals surface area contributed by atoms with Crippen LogP contribution in [0.4, 0.5) is 10.3 Å². The number of anilines is 1. The number of ether oxygens (including phenoxy) is 1. The molecule has 0 atom stereocenters. The Kier molecular flexibility index (Phi) is 7.38. The quantitative estimate of drug-likeness (QED) is 0.182. The van der Waals surface area contributed by atoms with Gasteiger partial charge in [0.25, 0.3) is 0 Å². The third-order valence-corrected chi connectivity index (χ3v) is 4.96. The Morgan fingerprint density at radius 3 is 2.21 bits per heavy atom. The van der Waals surface area contributed by atoms with Gasteiger partial charge in [-0.05, 0) is 66.6 Å². The molecule has 0 aliphatic carbocycles. The number of nitrogens with zero attached hydrogens (tertiary/aromatic N) is 3. The maximum absolute atomic E-state index is 13.4. The van der Waals surface area contributed by atoms with Crippen LogP contribution in [0.2, 0.25) is 0 Å². The van der Waals surface area contributed by atoms with Crippen LogP contribution in [-0.2, 0) is 0 Å². The van der Waals surface area contributed by atoms with Crippen molar-refractivity contribution in [3.05, 3.63) is 96.3 Å². The van der Waals surface area contributed by atoms with Gasteiger partial charge in [0.05, 0.1) is 24.2 Å². The van der Waals surface area contributed by atoms with Crippen LogP contribution in [0.1, 0.15) is 25.3 Å². The standard InChI is InChI=1S/C27H25FN4O/c1-2-3-17-33-24-15-9-20(10-16-24)19-29-32-27-30-25(21-7-5-4-6-8-21)18-26(31-27)22-11-13-23(28)14-12-22/h4-16,18-19H,2-3,17H2,1H3,(H,30,31,32). The van der Waals surface area contributed by atoms with Crippen LogP contribution >= 0.6 is 0 Å². The van der Waals surface area contributed by atoms with Gasteiger partial charge >= 0.3 is 0 Å². The van der Waals surface area contributed by atoms with Gasteiger partial charge in [-0.1, -0.05) is 43.7 Å². The number of nitrogens with one attached hydrogen (secondary N) is 1. The van der Waals surface area contributed by atoms with Gasteiger partial charge in [-0.25, -0.2) is 19.8 Å². The van der Waals surface area contributed by atoms with Crippen molar-refractivity contribution >= 4 is 12.2 Å². The lowest BCUT2D eigenvalue weighted by atomic mass is 10.1. The third kappa shape index (κ3) is 6.23. The number of hydrogen-bond acceptors (Lipinski definition) is 5. The molecule has 0 bridgehead atoms. The van der Waals surface area contributed by atoms with Crippen molar-refractivity contribution in [3.63, 3.8) is 0 Å². The molecule has 3 aromatic carbocycles. The van der Waals surface area contributed by atoms with Crippen molar-refractivity contribution in [3.8, 4) is 28.3 Å². The fraction of sp³-hybridized carbons (Fsp3) is 0.148. The Morgan fingerprint density at radius 2 is 1.55 bits per heavy atom. The first-order valence-corrected chi connectivity index (χ1v) is 10.9. The van der Waals surface area contributed by atoms with Crippen LogP contribution in [0.3, 0.4) is 0 Å². The van der Waals surface area contributed by atoms with Crippen LogP contribution in [0.15, 0.2) is 90.0 Å². The number of halogens is 1. The predicted octanol–water partition coefficient (Wildman–Crippen LogP) is 6.57. The average Bonchev–Trinajstić information content (AvgIpc) is 2.86. The van der Waals surface area contributed by atoms with Gasteiger partial charge < -0.3 is 4.74 Å². The Labute approximate surface area is 193 Å². The van der Waals surface area contributed by atoms with E-state index in [2.05, 4.69) is 27.4 Å². The summed E-state index contributed by atoms with van der Waals surface area (Å²) in [7, 11) is 0. The Balaban J connectivity index is 1.54. The largest absolute Gasteiger partial charge is 0.494 e. The number of rotatable bonds is 9. The Hall–Kier alpha value is -4.06. The van der Waals surface area contributed by atoms with Crippen molar-refractivity contribution in [1.82, 2.24) is 9.97 Å². The Bertz CT molecular complexity index is 1190. The molecule has 0 saturated carbocycles. The van der Waals surface area contributed by atoms with E-state index in [9.17, 15) is 4.39 Å². The molecule has 0 aliphatic heterocycles. The molecule has 33 heavy (non-hydrogen) atoms. The number of benzene rings is 3. The highest BCUT2D eigenvalue weighted by Gasteiger charge is 2.08. The lowest BCUT2D eigenvalue weighted by molar-refractivity contribution is 0.309. The summed E-state index contributed by atoms with van der Waals surface area (Å²) in [5.41, 5.74) is 7.01. The molecular weight excluding hydrogens is 415 g/mol. The van der Waals surface area contributed by atoms with E-state index >= 15 is 0 Å². The van der Waals surface area contributed by atoms with Gasteiger partial charge in [0.15, 0.2) is 0 Å². The number of hydrogen-bond donors (Lipinski definition) is 1. The van der Waals surface area contributed by atoms with Crippen molar-refractivity contribution in [1.29, 1.82) is 0 Å². The molecule has 6 heteroatoms. The highest BCUT2D eigenvalue weighted by molar-refractivity contribution is 5.80. The van der Waals surface area contributed by atoms with E-state index < -0.39 is 0 Å². The van der Waals surface area contributed by atoms with Crippen LogP contribution in [0, 0.1) is 5.82 Å².